The zero-order valence-corrected chi connectivity index (χ0v) is 40.8. The Morgan fingerprint density at radius 3 is 1.40 bits per heavy atom. The minimum atomic E-state index is -0.614. The van der Waals surface area contributed by atoms with Gasteiger partial charge in [0.05, 0.1) is 73.2 Å². The molecule has 3 heterocycles. The van der Waals surface area contributed by atoms with Crippen LogP contribution in [0.15, 0.2) is 24.3 Å². The number of ketones is 1. The summed E-state index contributed by atoms with van der Waals surface area (Å²) >= 11 is 0. The number of nitrogens with one attached hydrogen (secondary N) is 10. The van der Waals surface area contributed by atoms with E-state index in [9.17, 15) is 38.4 Å². The molecule has 0 radical (unpaired) electrons. The monoisotopic (exact) mass is 952 g/mol. The Kier molecular flexibility index (Phi) is 20.1. The van der Waals surface area contributed by atoms with Gasteiger partial charge in [-0.15, -0.1) is 0 Å². The Hall–Kier alpha value is -5.18. The molecule has 4 aliphatic rings. The fraction of sp³-hybridized carbons (Fsp3) is 0.708. The third kappa shape index (κ3) is 14.4. The molecule has 3 saturated heterocycles. The maximum atomic E-state index is 13.8. The first-order chi connectivity index (χ1) is 32.4. The molecule has 0 spiro atoms. The van der Waals surface area contributed by atoms with Crippen LogP contribution in [-0.4, -0.2) is 144 Å². The Balaban J connectivity index is 1.07. The molecule has 1 aromatic carbocycles. The van der Waals surface area contributed by atoms with Gasteiger partial charge in [-0.25, -0.2) is 0 Å². The molecule has 4 fully saturated rings. The van der Waals surface area contributed by atoms with Crippen molar-refractivity contribution in [3.63, 3.8) is 0 Å². The highest BCUT2D eigenvalue weighted by atomic mass is 16.5. The van der Waals surface area contributed by atoms with Crippen LogP contribution in [0.2, 0.25) is 0 Å². The van der Waals surface area contributed by atoms with Crippen LogP contribution in [0.25, 0.3) is 0 Å². The number of carbonyl (C=O) groups is 8. The van der Waals surface area contributed by atoms with Gasteiger partial charge in [-0.05, 0) is 54.9 Å². The lowest BCUT2D eigenvalue weighted by Gasteiger charge is -2.28. The van der Waals surface area contributed by atoms with Crippen molar-refractivity contribution in [2.24, 2.45) is 64.9 Å². The van der Waals surface area contributed by atoms with E-state index in [-0.39, 0.29) is 97.1 Å². The van der Waals surface area contributed by atoms with Crippen molar-refractivity contribution in [2.45, 2.75) is 85.0 Å². The molecule has 1 aromatic rings. The second-order valence-corrected chi connectivity index (χ2v) is 20.0. The van der Waals surface area contributed by atoms with Gasteiger partial charge in [-0.1, -0.05) is 48.0 Å². The van der Waals surface area contributed by atoms with Gasteiger partial charge >= 0.3 is 0 Å². The van der Waals surface area contributed by atoms with Gasteiger partial charge in [0.15, 0.2) is 5.78 Å². The molecular weight excluding hydrogens is 875 g/mol. The van der Waals surface area contributed by atoms with E-state index in [1.807, 2.05) is 41.5 Å². The van der Waals surface area contributed by atoms with E-state index in [4.69, 9.17) is 10.5 Å². The van der Waals surface area contributed by atoms with Gasteiger partial charge in [0, 0.05) is 70.5 Å². The van der Waals surface area contributed by atoms with E-state index in [1.54, 1.807) is 31.4 Å². The molecule has 11 unspecified atom stereocenters. The summed E-state index contributed by atoms with van der Waals surface area (Å²) in [6, 6.07) is 5.24. The summed E-state index contributed by atoms with van der Waals surface area (Å²) in [5, 5.41) is 30.8. The lowest BCUT2D eigenvalue weighted by atomic mass is 9.92. The lowest BCUT2D eigenvalue weighted by Crippen LogP contribution is -2.53. The second kappa shape index (κ2) is 25.4. The lowest BCUT2D eigenvalue weighted by molar-refractivity contribution is -0.131. The third-order valence-electron chi connectivity index (χ3n) is 14.4. The summed E-state index contributed by atoms with van der Waals surface area (Å²) < 4.78 is 5.18. The summed E-state index contributed by atoms with van der Waals surface area (Å²) in [4.78, 5) is 106. The molecule has 11 atom stereocenters. The predicted octanol–water partition coefficient (Wildman–Crippen LogP) is -1.60. The first-order valence-corrected chi connectivity index (χ1v) is 24.5. The van der Waals surface area contributed by atoms with E-state index in [1.165, 1.54) is 0 Å². The minimum Gasteiger partial charge on any atom is -0.497 e. The van der Waals surface area contributed by atoms with Crippen molar-refractivity contribution in [1.29, 1.82) is 0 Å². The molecule has 5 rings (SSSR count). The topological polar surface area (TPSA) is 292 Å². The molecule has 20 nitrogen and oxygen atoms in total. The maximum absolute atomic E-state index is 13.8. The van der Waals surface area contributed by atoms with Crippen LogP contribution in [0, 0.1) is 59.2 Å². The number of primary amides is 1. The zero-order valence-electron chi connectivity index (χ0n) is 40.8. The number of ether oxygens (including phenoxy) is 1. The fourth-order valence-electron chi connectivity index (χ4n) is 9.76. The number of benzene rings is 1. The smallest absolute Gasteiger partial charge is 0.226 e. The van der Waals surface area contributed by atoms with Gasteiger partial charge in [0.25, 0.3) is 0 Å². The first kappa shape index (κ1) is 53.8. The van der Waals surface area contributed by atoms with Crippen molar-refractivity contribution < 1.29 is 43.1 Å². The van der Waals surface area contributed by atoms with Crippen molar-refractivity contribution >= 4 is 47.1 Å². The molecule has 7 amide bonds. The third-order valence-corrected chi connectivity index (χ3v) is 14.4. The van der Waals surface area contributed by atoms with Crippen LogP contribution in [0.1, 0.15) is 71.2 Å². The van der Waals surface area contributed by atoms with Crippen LogP contribution in [-0.2, 0) is 33.6 Å². The number of rotatable bonds is 24. The number of hydrogen-bond acceptors (Lipinski definition) is 13. The average molecular weight is 952 g/mol. The number of amides is 7. The zero-order chi connectivity index (χ0) is 49.7. The fourth-order valence-corrected chi connectivity index (χ4v) is 9.76. The highest BCUT2D eigenvalue weighted by molar-refractivity contribution is 5.97. The SMILES string of the molecule is COc1ccc(C(=O)CNC2CCCC2C(=O)NC2CNCC2C(=O)NCC(C(=O)NC2CNCC2C(=O)NCC(C(=O)NC2CNCC2C(=O)NCC(C(N)=O)C(C)C)C(C)C)C(C)C)cc1. The molecule has 1 saturated carbocycles. The summed E-state index contributed by atoms with van der Waals surface area (Å²) in [6.45, 7) is 13.8. The van der Waals surface area contributed by atoms with Gasteiger partial charge in [-0.3, -0.25) is 38.4 Å². The Bertz CT molecular complexity index is 1930. The van der Waals surface area contributed by atoms with Crippen LogP contribution in [0.4, 0.5) is 0 Å². The van der Waals surface area contributed by atoms with Crippen LogP contribution in [0.5, 0.6) is 5.75 Å². The van der Waals surface area contributed by atoms with Crippen molar-refractivity contribution in [2.75, 3.05) is 72.6 Å². The summed E-state index contributed by atoms with van der Waals surface area (Å²) in [6.07, 6.45) is 2.26. The van der Waals surface area contributed by atoms with E-state index >= 15 is 0 Å². The number of carbonyl (C=O) groups excluding carboxylic acids is 8. The van der Waals surface area contributed by atoms with Crippen LogP contribution >= 0.6 is 0 Å². The van der Waals surface area contributed by atoms with Crippen LogP contribution in [0.3, 0.4) is 0 Å². The Morgan fingerprint density at radius 2 is 0.985 bits per heavy atom. The van der Waals surface area contributed by atoms with Gasteiger partial charge in [0.1, 0.15) is 5.75 Å². The van der Waals surface area contributed by atoms with Gasteiger partial charge in [-0.2, -0.15) is 0 Å². The summed E-state index contributed by atoms with van der Waals surface area (Å²) in [5.74, 6) is -5.71. The van der Waals surface area contributed by atoms with Gasteiger partial charge in [0.2, 0.25) is 41.4 Å². The molecule has 0 aromatic heterocycles. The van der Waals surface area contributed by atoms with E-state index in [0.29, 0.717) is 57.0 Å². The predicted molar refractivity (Wildman–Crippen MR) is 255 cm³/mol. The Morgan fingerprint density at radius 1 is 0.559 bits per heavy atom. The summed E-state index contributed by atoms with van der Waals surface area (Å²) in [7, 11) is 1.56. The number of nitrogens with two attached hydrogens (primary N) is 1. The molecule has 20 heteroatoms. The minimum absolute atomic E-state index is 0.0489. The van der Waals surface area contributed by atoms with E-state index in [0.717, 1.165) is 12.8 Å². The first-order valence-electron chi connectivity index (χ1n) is 24.5. The quantitative estimate of drug-likeness (QED) is 0.0522. The Labute approximate surface area is 400 Å². The molecule has 3 aliphatic heterocycles. The van der Waals surface area contributed by atoms with Crippen molar-refractivity contribution in [1.82, 2.24) is 53.2 Å². The van der Waals surface area contributed by atoms with E-state index < -0.39 is 59.5 Å². The molecular formula is C48H77N11O9. The number of Topliss-reactive ketones (excluding diaryl/α,β-unsaturated/α-hetero) is 1. The highest BCUT2D eigenvalue weighted by Crippen LogP contribution is 2.27. The second-order valence-electron chi connectivity index (χ2n) is 20.0. The van der Waals surface area contributed by atoms with Gasteiger partial charge < -0.3 is 63.6 Å². The highest BCUT2D eigenvalue weighted by Gasteiger charge is 2.41. The summed E-state index contributed by atoms with van der Waals surface area (Å²) in [5.41, 5.74) is 6.07. The molecule has 378 valence electrons. The average Bonchev–Trinajstić information content (AvgIpc) is 4.14. The standard InChI is InChI=1S/C48H77N11O9/c1-25(2)31(42(49)61)18-54-43(62)35-16-51-22-39(35)58-47(66)33(27(5)6)20-56-45(64)36-17-52-23-40(36)59-48(67)32(26(3)4)19-55-44(63)34-15-50-21-38(34)57-46(65)30-9-8-10-37(30)53-24-41(60)28-11-13-29(68-7)14-12-28/h11-14,25-27,30-40,50-53H,8-10,15-24H2,1-7H3,(H2,49,61)(H,54,62)(H,55,63)(H,56,64)(H,57,65)(H,58,66)(H,59,67). The number of methoxy groups -OCH3 is 1. The van der Waals surface area contributed by atoms with Crippen molar-refractivity contribution in [3.05, 3.63) is 29.8 Å². The molecule has 68 heavy (non-hydrogen) atoms. The van der Waals surface area contributed by atoms with Crippen LogP contribution < -0.4 is 63.6 Å². The largest absolute Gasteiger partial charge is 0.497 e. The normalized spacial score (nSPS) is 25.9. The molecule has 12 N–H and O–H groups in total. The van der Waals surface area contributed by atoms with E-state index in [2.05, 4.69) is 53.2 Å². The maximum Gasteiger partial charge on any atom is 0.226 e. The van der Waals surface area contributed by atoms with Crippen molar-refractivity contribution in [3.8, 4) is 5.75 Å². The molecule has 1 aliphatic carbocycles. The molecule has 0 bridgehead atoms. The number of hydrogen-bond donors (Lipinski definition) is 11.